The number of aromatic amines is 2. The van der Waals surface area contributed by atoms with Crippen LogP contribution in [0.25, 0.3) is 11.0 Å². The average Bonchev–Trinajstić information content (AvgIpc) is 3.23. The summed E-state index contributed by atoms with van der Waals surface area (Å²) >= 11 is 0. The molecule has 1 aromatic heterocycles. The zero-order chi connectivity index (χ0) is 26.9. The number of sulfonamides is 1. The van der Waals surface area contributed by atoms with Crippen molar-refractivity contribution >= 4 is 44.3 Å². The van der Waals surface area contributed by atoms with E-state index in [1.54, 1.807) is 0 Å². The molecule has 0 fully saturated rings. The highest BCUT2D eigenvalue weighted by atomic mass is 32.2. The van der Waals surface area contributed by atoms with Crippen LogP contribution in [0.5, 0.6) is 0 Å². The number of halogens is 3. The van der Waals surface area contributed by atoms with E-state index in [0.29, 0.717) is 17.1 Å². The zero-order valence-corrected chi connectivity index (χ0v) is 19.6. The van der Waals surface area contributed by atoms with E-state index in [9.17, 15) is 36.0 Å². The van der Waals surface area contributed by atoms with E-state index in [0.717, 1.165) is 6.07 Å². The van der Waals surface area contributed by atoms with Gasteiger partial charge in [0, 0.05) is 5.69 Å². The molecule has 1 atom stereocenters. The summed E-state index contributed by atoms with van der Waals surface area (Å²) < 4.78 is 72.8. The van der Waals surface area contributed by atoms with E-state index in [2.05, 4.69) is 14.7 Å². The fourth-order valence-electron chi connectivity index (χ4n) is 3.21. The number of esters is 1. The second-order valence-corrected chi connectivity index (χ2v) is 9.41. The lowest BCUT2D eigenvalue weighted by Crippen LogP contribution is -2.30. The Bertz CT molecular complexity index is 1680. The van der Waals surface area contributed by atoms with Crippen molar-refractivity contribution in [2.24, 2.45) is 0 Å². The van der Waals surface area contributed by atoms with Gasteiger partial charge in [0.15, 0.2) is 23.6 Å². The molecule has 0 aliphatic rings. The Morgan fingerprint density at radius 1 is 0.919 bits per heavy atom. The summed E-state index contributed by atoms with van der Waals surface area (Å²) in [7, 11) is -4.03. The van der Waals surface area contributed by atoms with Crippen molar-refractivity contribution in [3.05, 3.63) is 88.1 Å². The van der Waals surface area contributed by atoms with E-state index >= 15 is 0 Å². The molecule has 37 heavy (non-hydrogen) atoms. The molecule has 0 bridgehead atoms. The summed E-state index contributed by atoms with van der Waals surface area (Å²) in [6, 6.07) is 10.5. The monoisotopic (exact) mass is 534 g/mol. The number of rotatable bonds is 7. The summed E-state index contributed by atoms with van der Waals surface area (Å²) in [5, 5.41) is 2.00. The van der Waals surface area contributed by atoms with Crippen LogP contribution in [-0.4, -0.2) is 36.4 Å². The Labute approximate surface area is 206 Å². The number of hydrogen-bond donors (Lipinski definition) is 4. The number of anilines is 2. The smallest absolute Gasteiger partial charge is 0.338 e. The Kier molecular flexibility index (Phi) is 6.76. The lowest BCUT2D eigenvalue weighted by atomic mass is 10.2. The maximum atomic E-state index is 13.7. The Morgan fingerprint density at radius 3 is 2.30 bits per heavy atom. The minimum atomic E-state index is -4.03. The highest BCUT2D eigenvalue weighted by Crippen LogP contribution is 2.21. The summed E-state index contributed by atoms with van der Waals surface area (Å²) in [4.78, 5) is 40.8. The van der Waals surface area contributed by atoms with Gasteiger partial charge >= 0.3 is 11.7 Å². The van der Waals surface area contributed by atoms with Gasteiger partial charge in [-0.15, -0.1) is 0 Å². The van der Waals surface area contributed by atoms with Crippen LogP contribution < -0.4 is 15.7 Å². The molecule has 10 nitrogen and oxygen atoms in total. The number of H-pyrrole nitrogens is 2. The predicted molar refractivity (Wildman–Crippen MR) is 126 cm³/mol. The van der Waals surface area contributed by atoms with Gasteiger partial charge in [0.1, 0.15) is 0 Å². The number of fused-ring (bicyclic) bond motifs is 1. The number of nitrogens with one attached hydrogen (secondary N) is 4. The number of imidazole rings is 1. The molecule has 0 aliphatic carbocycles. The zero-order valence-electron chi connectivity index (χ0n) is 18.8. The van der Waals surface area contributed by atoms with E-state index in [1.807, 2.05) is 5.32 Å². The molecule has 3 aromatic carbocycles. The summed E-state index contributed by atoms with van der Waals surface area (Å²) in [6.07, 6.45) is -1.44. The molecule has 0 aliphatic heterocycles. The van der Waals surface area contributed by atoms with Crippen LogP contribution in [0.2, 0.25) is 0 Å². The van der Waals surface area contributed by atoms with E-state index < -0.39 is 56.8 Å². The Hall–Kier alpha value is -4.59. The molecule has 1 heterocycles. The number of ether oxygens (including phenoxy) is 1. The van der Waals surface area contributed by atoms with Crippen LogP contribution in [0.1, 0.15) is 17.3 Å². The van der Waals surface area contributed by atoms with Crippen LogP contribution in [-0.2, 0) is 19.6 Å². The van der Waals surface area contributed by atoms with Crippen molar-refractivity contribution in [1.29, 1.82) is 0 Å². The lowest BCUT2D eigenvalue weighted by molar-refractivity contribution is -0.123. The van der Waals surface area contributed by atoms with Crippen LogP contribution >= 0.6 is 0 Å². The van der Waals surface area contributed by atoms with Gasteiger partial charge in [0.25, 0.3) is 15.9 Å². The third-order valence-corrected chi connectivity index (χ3v) is 6.50. The first kappa shape index (κ1) is 25.5. The van der Waals surface area contributed by atoms with Gasteiger partial charge in [-0.1, -0.05) is 0 Å². The highest BCUT2D eigenvalue weighted by molar-refractivity contribution is 7.92. The number of amides is 1. The molecule has 0 saturated heterocycles. The van der Waals surface area contributed by atoms with Crippen molar-refractivity contribution in [3.8, 4) is 0 Å². The van der Waals surface area contributed by atoms with Gasteiger partial charge in [-0.2, -0.15) is 0 Å². The van der Waals surface area contributed by atoms with E-state index in [-0.39, 0.29) is 16.1 Å². The van der Waals surface area contributed by atoms with Gasteiger partial charge in [0.2, 0.25) is 0 Å². The summed E-state index contributed by atoms with van der Waals surface area (Å²) in [5.74, 6) is -6.75. The minimum Gasteiger partial charge on any atom is -0.449 e. The first-order chi connectivity index (χ1) is 17.4. The van der Waals surface area contributed by atoms with Gasteiger partial charge in [-0.3, -0.25) is 9.52 Å². The lowest BCUT2D eigenvalue weighted by Gasteiger charge is -2.14. The van der Waals surface area contributed by atoms with Crippen molar-refractivity contribution < 1.29 is 35.9 Å². The largest absolute Gasteiger partial charge is 0.449 e. The fraction of sp³-hybridized carbons (Fsp3) is 0.0870. The third-order valence-electron chi connectivity index (χ3n) is 5.12. The van der Waals surface area contributed by atoms with E-state index in [1.165, 1.54) is 49.4 Å². The Morgan fingerprint density at radius 2 is 1.59 bits per heavy atom. The fourth-order valence-corrected chi connectivity index (χ4v) is 4.29. The first-order valence-electron chi connectivity index (χ1n) is 10.4. The first-order valence-corrected chi connectivity index (χ1v) is 11.9. The van der Waals surface area contributed by atoms with Crippen molar-refractivity contribution in [2.45, 2.75) is 17.9 Å². The summed E-state index contributed by atoms with van der Waals surface area (Å²) in [5.41, 5.74) is -0.304. The van der Waals surface area contributed by atoms with Gasteiger partial charge in [-0.25, -0.2) is 31.2 Å². The van der Waals surface area contributed by atoms with Crippen LogP contribution in [0.15, 0.2) is 64.3 Å². The molecular formula is C23H17F3N4O6S. The van der Waals surface area contributed by atoms with Gasteiger partial charge < -0.3 is 20.0 Å². The number of hydrogen-bond acceptors (Lipinski definition) is 6. The molecule has 0 unspecified atom stereocenters. The second kappa shape index (κ2) is 9.81. The quantitative estimate of drug-likeness (QED) is 0.211. The third kappa shape index (κ3) is 5.48. The van der Waals surface area contributed by atoms with Crippen molar-refractivity contribution in [3.63, 3.8) is 0 Å². The molecule has 1 amide bonds. The van der Waals surface area contributed by atoms with Crippen molar-refractivity contribution in [2.75, 3.05) is 10.0 Å². The van der Waals surface area contributed by atoms with Gasteiger partial charge in [0.05, 0.1) is 27.2 Å². The number of carbonyl (C=O) groups is 2. The molecule has 0 spiro atoms. The molecule has 4 aromatic rings. The molecule has 192 valence electrons. The topological polar surface area (TPSA) is 150 Å². The number of aromatic nitrogens is 2. The maximum Gasteiger partial charge on any atom is 0.338 e. The normalized spacial score (nSPS) is 12.2. The maximum absolute atomic E-state index is 13.7. The molecular weight excluding hydrogens is 517 g/mol. The molecule has 0 radical (unpaired) electrons. The van der Waals surface area contributed by atoms with E-state index in [4.69, 9.17) is 4.74 Å². The molecule has 4 rings (SSSR count). The molecule has 0 saturated carbocycles. The second-order valence-electron chi connectivity index (χ2n) is 7.73. The summed E-state index contributed by atoms with van der Waals surface area (Å²) in [6.45, 7) is 1.18. The van der Waals surface area contributed by atoms with Crippen LogP contribution in [0.3, 0.4) is 0 Å². The number of carbonyl (C=O) groups excluding carboxylic acids is 2. The Balaban J connectivity index is 1.40. The molecule has 14 heteroatoms. The minimum absolute atomic E-state index is 0.0343. The standard InChI is InChI=1S/C23H17F3N4O6S/c1-11(21(31)27-17-9-7-15(24)19(25)20(17)26)36-22(32)12-2-4-13(5-3-12)30-37(34,35)14-6-8-16-18(10-14)29-23(33)28-16/h2-11,30H,1H3,(H,27,31)(H2,28,29,33)/t11-/m0/s1. The van der Waals surface area contributed by atoms with Crippen molar-refractivity contribution in [1.82, 2.24) is 9.97 Å². The molecule has 4 N–H and O–H groups in total. The number of benzene rings is 3. The predicted octanol–water partition coefficient (Wildman–Crippen LogP) is 3.26. The highest BCUT2D eigenvalue weighted by Gasteiger charge is 2.22. The SMILES string of the molecule is C[C@H](OC(=O)c1ccc(NS(=O)(=O)c2ccc3[nH]c(=O)[nH]c3c2)cc1)C(=O)Nc1ccc(F)c(F)c1F. The average molecular weight is 534 g/mol. The van der Waals surface area contributed by atoms with Gasteiger partial charge in [-0.05, 0) is 61.5 Å². The van der Waals surface area contributed by atoms with Crippen LogP contribution in [0.4, 0.5) is 24.5 Å². The van der Waals surface area contributed by atoms with Crippen LogP contribution in [0, 0.1) is 17.5 Å².